The molecule has 0 amide bonds. The standard InChI is InChI=1S/2C22H22O8/c2*1-25-16-4-10(5-17(26-2)21(16)27-3)18-11-6-14-15(30-9-29-14)7-12(11)20(23)13-8-28-22(24)19(13)18/h2*4-7,13,18-20,23H,8-9H2,1-3H3/t2*13-,18+,19-,20-/m00/s1. The Bertz CT molecular complexity index is 2150. The highest BCUT2D eigenvalue weighted by Gasteiger charge is 2.54. The van der Waals surface area contributed by atoms with E-state index in [4.69, 9.17) is 56.8 Å². The number of hydrogen-bond donors (Lipinski definition) is 2. The van der Waals surface area contributed by atoms with E-state index in [0.717, 1.165) is 22.3 Å². The van der Waals surface area contributed by atoms with E-state index >= 15 is 0 Å². The molecule has 0 radical (unpaired) electrons. The van der Waals surface area contributed by atoms with E-state index in [1.165, 1.54) is 14.2 Å². The van der Waals surface area contributed by atoms with E-state index < -0.39 is 24.0 Å². The van der Waals surface area contributed by atoms with Crippen molar-refractivity contribution in [3.63, 3.8) is 0 Å². The minimum absolute atomic E-state index is 0.123. The number of carbonyl (C=O) groups excluding carboxylic acids is 2. The number of benzene rings is 4. The molecule has 2 saturated heterocycles. The van der Waals surface area contributed by atoms with Gasteiger partial charge in [0.2, 0.25) is 25.1 Å². The van der Waals surface area contributed by atoms with Gasteiger partial charge in [-0.1, -0.05) is 0 Å². The lowest BCUT2D eigenvalue weighted by molar-refractivity contribution is -0.142. The SMILES string of the molecule is COc1cc([C@@H]2c3cc4c(cc3[C@H](O)[C@H]3COC(=O)[C@H]23)OCO4)cc(OC)c1OC.COc1cc([C@@H]2c3cc4c(cc3[C@H](O)[C@H]3COC(=O)[C@H]23)OCO4)cc(OC)c1OC. The van der Waals surface area contributed by atoms with Gasteiger partial charge in [0.25, 0.3) is 0 Å². The Balaban J connectivity index is 0.000000154. The Morgan fingerprint density at radius 3 is 1.07 bits per heavy atom. The first-order chi connectivity index (χ1) is 29.1. The number of ether oxygens (including phenoxy) is 12. The summed E-state index contributed by atoms with van der Waals surface area (Å²) in [5.74, 6) is 1.98. The topological polar surface area (TPSA) is 185 Å². The first-order valence-corrected chi connectivity index (χ1v) is 19.3. The summed E-state index contributed by atoms with van der Waals surface area (Å²) in [6.45, 7) is 0.578. The molecule has 0 saturated carbocycles. The lowest BCUT2D eigenvalue weighted by Crippen LogP contribution is -2.34. The van der Waals surface area contributed by atoms with Gasteiger partial charge in [-0.15, -0.1) is 0 Å². The van der Waals surface area contributed by atoms with E-state index in [2.05, 4.69) is 0 Å². The summed E-state index contributed by atoms with van der Waals surface area (Å²) in [4.78, 5) is 25.5. The van der Waals surface area contributed by atoms with Gasteiger partial charge in [-0.25, -0.2) is 0 Å². The van der Waals surface area contributed by atoms with Gasteiger partial charge < -0.3 is 67.1 Å². The van der Waals surface area contributed by atoms with Crippen LogP contribution >= 0.6 is 0 Å². The van der Waals surface area contributed by atoms with E-state index in [9.17, 15) is 19.8 Å². The fourth-order valence-electron chi connectivity index (χ4n) is 9.63. The van der Waals surface area contributed by atoms with Gasteiger partial charge in [-0.05, 0) is 81.9 Å². The molecule has 16 nitrogen and oxygen atoms in total. The maximum atomic E-state index is 12.7. The Kier molecular flexibility index (Phi) is 10.1. The van der Waals surface area contributed by atoms with Crippen molar-refractivity contribution in [3.05, 3.63) is 81.9 Å². The number of hydrogen-bond acceptors (Lipinski definition) is 16. The molecule has 16 heteroatoms. The Hall–Kier alpha value is -6.26. The van der Waals surface area contributed by atoms with E-state index in [1.807, 2.05) is 36.4 Å². The van der Waals surface area contributed by atoms with Crippen molar-refractivity contribution in [2.45, 2.75) is 24.0 Å². The van der Waals surface area contributed by atoms with Crippen LogP contribution in [0.25, 0.3) is 0 Å². The molecule has 60 heavy (non-hydrogen) atoms. The summed E-state index contributed by atoms with van der Waals surface area (Å²) in [7, 11) is 9.26. The zero-order chi connectivity index (χ0) is 42.0. The molecule has 0 bridgehead atoms. The molecule has 6 aliphatic rings. The van der Waals surface area contributed by atoms with Crippen LogP contribution in [0, 0.1) is 23.7 Å². The first kappa shape index (κ1) is 39.2. The maximum absolute atomic E-state index is 12.7. The molecule has 4 aliphatic heterocycles. The van der Waals surface area contributed by atoms with Crippen molar-refractivity contribution in [3.8, 4) is 57.5 Å². The predicted octanol–water partition coefficient (Wildman–Crippen LogP) is 4.82. The highest BCUT2D eigenvalue weighted by molar-refractivity contribution is 5.80. The van der Waals surface area contributed by atoms with Crippen LogP contribution in [0.15, 0.2) is 48.5 Å². The van der Waals surface area contributed by atoms with Gasteiger partial charge in [0.1, 0.15) is 0 Å². The lowest BCUT2D eigenvalue weighted by Gasteiger charge is -2.37. The average Bonchev–Trinajstić information content (AvgIpc) is 4.10. The van der Waals surface area contributed by atoms with Crippen molar-refractivity contribution >= 4 is 11.9 Å². The van der Waals surface area contributed by atoms with Crippen molar-refractivity contribution < 1.29 is 76.6 Å². The van der Waals surface area contributed by atoms with Crippen LogP contribution < -0.4 is 47.4 Å². The van der Waals surface area contributed by atoms with Crippen LogP contribution in [-0.2, 0) is 19.1 Å². The van der Waals surface area contributed by atoms with Gasteiger partial charge in [-0.3, -0.25) is 9.59 Å². The molecule has 2 fully saturated rings. The minimum Gasteiger partial charge on any atom is -0.493 e. The van der Waals surface area contributed by atoms with Gasteiger partial charge in [-0.2, -0.15) is 0 Å². The third-order valence-electron chi connectivity index (χ3n) is 12.4. The summed E-state index contributed by atoms with van der Waals surface area (Å²) in [5.41, 5.74) is 4.59. The van der Waals surface area contributed by atoms with Gasteiger partial charge in [0.05, 0.1) is 79.9 Å². The van der Waals surface area contributed by atoms with Gasteiger partial charge in [0.15, 0.2) is 46.0 Å². The van der Waals surface area contributed by atoms with Crippen molar-refractivity contribution in [2.75, 3.05) is 69.5 Å². The van der Waals surface area contributed by atoms with Crippen LogP contribution in [0.3, 0.4) is 0 Å². The summed E-state index contributed by atoms with van der Waals surface area (Å²) in [6.07, 6.45) is -1.69. The van der Waals surface area contributed by atoms with Crippen LogP contribution in [-0.4, -0.2) is 91.6 Å². The second-order valence-electron chi connectivity index (χ2n) is 15.1. The molecule has 2 aliphatic carbocycles. The van der Waals surface area contributed by atoms with Crippen LogP contribution in [0.4, 0.5) is 0 Å². The van der Waals surface area contributed by atoms with Gasteiger partial charge in [0, 0.05) is 23.7 Å². The number of aliphatic hydroxyl groups is 2. The first-order valence-electron chi connectivity index (χ1n) is 19.3. The molecule has 316 valence electrons. The Morgan fingerprint density at radius 1 is 0.450 bits per heavy atom. The molecule has 0 unspecified atom stereocenters. The lowest BCUT2D eigenvalue weighted by atomic mass is 9.66. The van der Waals surface area contributed by atoms with E-state index in [1.54, 1.807) is 40.6 Å². The largest absolute Gasteiger partial charge is 0.493 e. The maximum Gasteiger partial charge on any atom is 0.310 e. The number of rotatable bonds is 8. The van der Waals surface area contributed by atoms with Crippen LogP contribution in [0.2, 0.25) is 0 Å². The molecule has 0 spiro atoms. The summed E-state index contributed by atoms with van der Waals surface area (Å²) in [6, 6.07) is 14.6. The van der Waals surface area contributed by atoms with Gasteiger partial charge >= 0.3 is 11.9 Å². The summed E-state index contributed by atoms with van der Waals surface area (Å²) < 4.78 is 65.8. The number of carbonyl (C=O) groups is 2. The quantitative estimate of drug-likeness (QED) is 0.230. The summed E-state index contributed by atoms with van der Waals surface area (Å²) in [5, 5.41) is 22.1. The molecular weight excluding hydrogens is 784 g/mol. The average molecular weight is 829 g/mol. The van der Waals surface area contributed by atoms with Crippen molar-refractivity contribution in [1.82, 2.24) is 0 Å². The zero-order valence-electron chi connectivity index (χ0n) is 33.7. The number of cyclic esters (lactones) is 2. The fraction of sp³-hybridized carbons (Fsp3) is 0.409. The third-order valence-corrected chi connectivity index (χ3v) is 12.4. The molecule has 4 aromatic carbocycles. The minimum atomic E-state index is -0.843. The monoisotopic (exact) mass is 828 g/mol. The van der Waals surface area contributed by atoms with Crippen molar-refractivity contribution in [1.29, 1.82) is 0 Å². The predicted molar refractivity (Wildman–Crippen MR) is 207 cm³/mol. The molecule has 10 rings (SSSR count). The van der Waals surface area contributed by atoms with Crippen LogP contribution in [0.1, 0.15) is 57.4 Å². The smallest absolute Gasteiger partial charge is 0.310 e. The number of aliphatic hydroxyl groups excluding tert-OH is 2. The number of methoxy groups -OCH3 is 6. The highest BCUT2D eigenvalue weighted by atomic mass is 16.7. The second kappa shape index (κ2) is 15.4. The number of fused-ring (bicyclic) bond motifs is 6. The van der Waals surface area contributed by atoms with E-state index in [-0.39, 0.29) is 62.4 Å². The van der Waals surface area contributed by atoms with E-state index in [0.29, 0.717) is 68.6 Å². The molecule has 2 N–H and O–H groups in total. The normalized spacial score (nSPS) is 25.9. The molecule has 4 aromatic rings. The fourth-order valence-corrected chi connectivity index (χ4v) is 9.63. The zero-order valence-corrected chi connectivity index (χ0v) is 33.7. The Morgan fingerprint density at radius 2 is 0.767 bits per heavy atom. The van der Waals surface area contributed by atoms with Crippen molar-refractivity contribution in [2.24, 2.45) is 23.7 Å². The molecule has 4 heterocycles. The summed E-state index contributed by atoms with van der Waals surface area (Å²) >= 11 is 0. The van der Waals surface area contributed by atoms with Crippen LogP contribution in [0.5, 0.6) is 57.5 Å². The molecule has 8 atom stereocenters. The molecule has 0 aromatic heterocycles. The number of esters is 2. The molecular formula is C44H44O16. The second-order valence-corrected chi connectivity index (χ2v) is 15.1. The Labute approximate surface area is 344 Å². The third kappa shape index (κ3) is 6.10. The highest BCUT2D eigenvalue weighted by Crippen LogP contribution is 2.57.